The van der Waals surface area contributed by atoms with Gasteiger partial charge in [-0.25, -0.2) is 0 Å². The molecule has 1 fully saturated rings. The lowest BCUT2D eigenvalue weighted by atomic mass is 10.1. The first-order valence-electron chi connectivity index (χ1n) is 9.19. The Morgan fingerprint density at radius 1 is 1.14 bits per heavy atom. The van der Waals surface area contributed by atoms with Gasteiger partial charge in [-0.3, -0.25) is 14.4 Å². The molecule has 2 aromatic rings. The largest absolute Gasteiger partial charge is 0.353 e. The van der Waals surface area contributed by atoms with Crippen LogP contribution in [0.15, 0.2) is 48.5 Å². The molecule has 1 unspecified atom stereocenters. The van der Waals surface area contributed by atoms with Crippen LogP contribution >= 0.6 is 12.4 Å². The van der Waals surface area contributed by atoms with Gasteiger partial charge >= 0.3 is 0 Å². The second-order valence-electron chi connectivity index (χ2n) is 6.88. The summed E-state index contributed by atoms with van der Waals surface area (Å²) < 4.78 is 0. The lowest BCUT2D eigenvalue weighted by Gasteiger charge is -2.26. The van der Waals surface area contributed by atoms with Crippen LogP contribution in [0.25, 0.3) is 0 Å². The number of rotatable bonds is 5. The molecule has 8 heteroatoms. The van der Waals surface area contributed by atoms with Crippen LogP contribution in [-0.2, 0) is 16.1 Å². The van der Waals surface area contributed by atoms with Crippen molar-refractivity contribution in [2.45, 2.75) is 19.5 Å². The summed E-state index contributed by atoms with van der Waals surface area (Å²) in [4.78, 5) is 37.7. The summed E-state index contributed by atoms with van der Waals surface area (Å²) in [6.45, 7) is 3.34. The summed E-state index contributed by atoms with van der Waals surface area (Å²) in [7, 11) is 0. The third-order valence-corrected chi connectivity index (χ3v) is 4.71. The molecule has 0 saturated carbocycles. The molecule has 0 spiro atoms. The quantitative estimate of drug-likeness (QED) is 0.683. The highest BCUT2D eigenvalue weighted by Crippen LogP contribution is 2.13. The number of nitrogens with two attached hydrogens (primary N) is 1. The van der Waals surface area contributed by atoms with Crippen LogP contribution in [-0.4, -0.2) is 42.3 Å². The molecule has 1 aliphatic heterocycles. The summed E-state index contributed by atoms with van der Waals surface area (Å²) in [5, 5.41) is 5.51. The standard InChI is InChI=1S/C21H24N4O3.ClH/c1-14-2-6-16(7-3-14)19(22)20(27)24-12-15-4-8-17(9-5-15)21(28)25-11-10-23-18(26)13-25;/h2-9,19H,10-13,22H2,1H3,(H,23,26)(H,24,27);1H. The second-order valence-corrected chi connectivity index (χ2v) is 6.88. The molecule has 154 valence electrons. The first-order chi connectivity index (χ1) is 13.4. The van der Waals surface area contributed by atoms with Crippen LogP contribution in [0.5, 0.6) is 0 Å². The van der Waals surface area contributed by atoms with Crippen molar-refractivity contribution in [3.05, 3.63) is 70.8 Å². The highest BCUT2D eigenvalue weighted by Gasteiger charge is 2.22. The van der Waals surface area contributed by atoms with E-state index in [-0.39, 0.29) is 36.7 Å². The first-order valence-corrected chi connectivity index (χ1v) is 9.19. The average Bonchev–Trinajstić information content (AvgIpc) is 2.72. The molecule has 4 N–H and O–H groups in total. The number of carbonyl (C=O) groups is 3. The van der Waals surface area contributed by atoms with Gasteiger partial charge in [-0.1, -0.05) is 42.0 Å². The number of aryl methyl sites for hydroxylation is 1. The molecular formula is C21H25ClN4O3. The Hall–Kier alpha value is -2.90. The normalized spacial score (nSPS) is 14.4. The molecule has 29 heavy (non-hydrogen) atoms. The van der Waals surface area contributed by atoms with Crippen molar-refractivity contribution in [3.63, 3.8) is 0 Å². The molecule has 3 rings (SSSR count). The molecule has 0 aromatic heterocycles. The highest BCUT2D eigenvalue weighted by molar-refractivity contribution is 5.97. The lowest BCUT2D eigenvalue weighted by Crippen LogP contribution is -2.49. The van der Waals surface area contributed by atoms with E-state index in [2.05, 4.69) is 10.6 Å². The zero-order valence-electron chi connectivity index (χ0n) is 16.2. The number of carbonyl (C=O) groups excluding carboxylic acids is 3. The number of benzene rings is 2. The molecule has 1 atom stereocenters. The fourth-order valence-electron chi connectivity index (χ4n) is 2.98. The molecular weight excluding hydrogens is 392 g/mol. The first kappa shape index (κ1) is 22.4. The second kappa shape index (κ2) is 10.0. The highest BCUT2D eigenvalue weighted by atomic mass is 35.5. The lowest BCUT2D eigenvalue weighted by molar-refractivity contribution is -0.123. The molecule has 0 radical (unpaired) electrons. The average molecular weight is 417 g/mol. The van der Waals surface area contributed by atoms with E-state index in [4.69, 9.17) is 5.73 Å². The molecule has 3 amide bonds. The van der Waals surface area contributed by atoms with Gasteiger partial charge in [0.2, 0.25) is 11.8 Å². The number of piperazine rings is 1. The van der Waals surface area contributed by atoms with Gasteiger partial charge in [0, 0.05) is 25.2 Å². The summed E-state index contributed by atoms with van der Waals surface area (Å²) in [5.74, 6) is -0.584. The Labute approximate surface area is 176 Å². The zero-order valence-corrected chi connectivity index (χ0v) is 17.0. The SMILES string of the molecule is Cc1ccc(C(N)C(=O)NCc2ccc(C(=O)N3CCNC(=O)C3)cc2)cc1.Cl. The van der Waals surface area contributed by atoms with E-state index >= 15 is 0 Å². The zero-order chi connectivity index (χ0) is 20.1. The van der Waals surface area contributed by atoms with Crippen molar-refractivity contribution >= 4 is 30.1 Å². The smallest absolute Gasteiger partial charge is 0.254 e. The van der Waals surface area contributed by atoms with Gasteiger partial charge in [-0.2, -0.15) is 0 Å². The molecule has 2 aromatic carbocycles. The van der Waals surface area contributed by atoms with Gasteiger partial charge in [0.25, 0.3) is 5.91 Å². The number of hydrogen-bond acceptors (Lipinski definition) is 4. The van der Waals surface area contributed by atoms with Gasteiger partial charge in [0.15, 0.2) is 0 Å². The van der Waals surface area contributed by atoms with Crippen LogP contribution in [0, 0.1) is 6.92 Å². The molecule has 1 heterocycles. The Kier molecular flexibility index (Phi) is 7.75. The minimum atomic E-state index is -0.730. The topological polar surface area (TPSA) is 105 Å². The van der Waals surface area contributed by atoms with Crippen LogP contribution in [0.4, 0.5) is 0 Å². The number of nitrogens with zero attached hydrogens (tertiary/aromatic N) is 1. The van der Waals surface area contributed by atoms with Gasteiger partial charge in [-0.05, 0) is 30.2 Å². The predicted molar refractivity (Wildman–Crippen MR) is 113 cm³/mol. The van der Waals surface area contributed by atoms with Gasteiger partial charge < -0.3 is 21.3 Å². The molecule has 0 aliphatic carbocycles. The van der Waals surface area contributed by atoms with E-state index < -0.39 is 6.04 Å². The fourth-order valence-corrected chi connectivity index (χ4v) is 2.98. The van der Waals surface area contributed by atoms with E-state index in [0.29, 0.717) is 25.2 Å². The van der Waals surface area contributed by atoms with Gasteiger partial charge in [-0.15, -0.1) is 12.4 Å². The van der Waals surface area contributed by atoms with Crippen LogP contribution in [0.3, 0.4) is 0 Å². The monoisotopic (exact) mass is 416 g/mol. The van der Waals surface area contributed by atoms with E-state index in [1.54, 1.807) is 24.3 Å². The maximum absolute atomic E-state index is 12.5. The third kappa shape index (κ3) is 5.79. The van der Waals surface area contributed by atoms with Gasteiger partial charge in [0.05, 0.1) is 6.54 Å². The van der Waals surface area contributed by atoms with Crippen molar-refractivity contribution in [1.82, 2.24) is 15.5 Å². The maximum atomic E-state index is 12.5. The molecule has 7 nitrogen and oxygen atoms in total. The van der Waals surface area contributed by atoms with Crippen molar-refractivity contribution in [3.8, 4) is 0 Å². The Morgan fingerprint density at radius 2 is 1.79 bits per heavy atom. The molecule has 0 bridgehead atoms. The van der Waals surface area contributed by atoms with E-state index in [1.165, 1.54) is 4.90 Å². The number of nitrogens with one attached hydrogen (secondary N) is 2. The Morgan fingerprint density at radius 3 is 2.41 bits per heavy atom. The fraction of sp³-hybridized carbons (Fsp3) is 0.286. The minimum absolute atomic E-state index is 0. The summed E-state index contributed by atoms with van der Waals surface area (Å²) in [6.07, 6.45) is 0. The van der Waals surface area contributed by atoms with Crippen LogP contribution in [0.1, 0.15) is 33.1 Å². The molecule has 1 saturated heterocycles. The third-order valence-electron chi connectivity index (χ3n) is 4.71. The predicted octanol–water partition coefficient (Wildman–Crippen LogP) is 1.31. The van der Waals surface area contributed by atoms with Crippen molar-refractivity contribution < 1.29 is 14.4 Å². The number of hydrogen-bond donors (Lipinski definition) is 3. The maximum Gasteiger partial charge on any atom is 0.254 e. The Balaban J connectivity index is 0.00000300. The van der Waals surface area contributed by atoms with Crippen molar-refractivity contribution in [1.29, 1.82) is 0 Å². The Bertz CT molecular complexity index is 868. The van der Waals surface area contributed by atoms with E-state index in [9.17, 15) is 14.4 Å². The number of halogens is 1. The van der Waals surface area contributed by atoms with Gasteiger partial charge in [0.1, 0.15) is 6.04 Å². The van der Waals surface area contributed by atoms with E-state index in [1.807, 2.05) is 31.2 Å². The van der Waals surface area contributed by atoms with Crippen LogP contribution in [0.2, 0.25) is 0 Å². The summed E-state index contributed by atoms with van der Waals surface area (Å²) in [5.41, 5.74) is 9.26. The molecule has 1 aliphatic rings. The number of amides is 3. The van der Waals surface area contributed by atoms with E-state index in [0.717, 1.165) is 16.7 Å². The van der Waals surface area contributed by atoms with Crippen LogP contribution < -0.4 is 16.4 Å². The van der Waals surface area contributed by atoms with Crippen molar-refractivity contribution in [2.75, 3.05) is 19.6 Å². The minimum Gasteiger partial charge on any atom is -0.353 e. The summed E-state index contributed by atoms with van der Waals surface area (Å²) >= 11 is 0. The van der Waals surface area contributed by atoms with Crippen molar-refractivity contribution in [2.24, 2.45) is 5.73 Å². The summed E-state index contributed by atoms with van der Waals surface area (Å²) in [6, 6.07) is 13.8.